The Morgan fingerprint density at radius 3 is 2.48 bits per heavy atom. The van der Waals surface area contributed by atoms with Crippen molar-refractivity contribution >= 4 is 11.7 Å². The molecule has 0 spiro atoms. The smallest absolute Gasteiger partial charge is 0.381 e. The lowest BCUT2D eigenvalue weighted by atomic mass is 9.87. The monoisotopic (exact) mass is 443 g/mol. The van der Waals surface area contributed by atoms with Crippen LogP contribution in [-0.2, 0) is 15.7 Å². The van der Waals surface area contributed by atoms with Crippen molar-refractivity contribution in [1.82, 2.24) is 9.88 Å². The minimum Gasteiger partial charge on any atom is -0.381 e. The van der Waals surface area contributed by atoms with Crippen LogP contribution in [-0.4, -0.2) is 54.7 Å². The summed E-state index contributed by atoms with van der Waals surface area (Å²) < 4.78 is 45.2. The minimum absolute atomic E-state index is 0.0562. The molecule has 5 nitrogen and oxygen atoms in total. The van der Waals surface area contributed by atoms with E-state index in [0.29, 0.717) is 25.7 Å². The molecule has 0 aliphatic carbocycles. The molecule has 1 saturated heterocycles. The van der Waals surface area contributed by atoms with E-state index >= 15 is 0 Å². The molecule has 0 unspecified atom stereocenters. The number of ether oxygens (including phenoxy) is 1. The maximum atomic E-state index is 13.2. The summed E-state index contributed by atoms with van der Waals surface area (Å²) in [6.45, 7) is 8.45. The van der Waals surface area contributed by atoms with E-state index in [4.69, 9.17) is 4.74 Å². The third-order valence-electron chi connectivity index (χ3n) is 6.12. The van der Waals surface area contributed by atoms with Gasteiger partial charge in [0.25, 0.3) is 0 Å². The first-order chi connectivity index (χ1) is 14.6. The molecular weight excluding hydrogens is 407 g/mol. The number of pyridine rings is 1. The Hall–Kier alpha value is -1.67. The maximum Gasteiger partial charge on any atom is 0.433 e. The van der Waals surface area contributed by atoms with Gasteiger partial charge in [0.1, 0.15) is 11.5 Å². The third kappa shape index (κ3) is 7.17. The number of carbonyl (C=O) groups excluding carboxylic acids is 1. The number of amides is 1. The molecule has 2 rings (SSSR count). The summed E-state index contributed by atoms with van der Waals surface area (Å²) in [5.74, 6) is 0.485. The summed E-state index contributed by atoms with van der Waals surface area (Å²) in [5.41, 5.74) is -1.33. The molecule has 0 saturated carbocycles. The predicted octanol–water partition coefficient (Wildman–Crippen LogP) is 5.15. The molecule has 1 amide bonds. The van der Waals surface area contributed by atoms with E-state index in [2.05, 4.69) is 30.8 Å². The second kappa shape index (κ2) is 11.3. The SMILES string of the molecule is CCC(=O)N(CC1(N(C)CCCCC(C)C)CCOCC1)c1cccc(C(F)(F)F)n1. The lowest BCUT2D eigenvalue weighted by Crippen LogP contribution is -2.58. The first-order valence-electron chi connectivity index (χ1n) is 11.2. The molecule has 0 bridgehead atoms. The van der Waals surface area contributed by atoms with Gasteiger partial charge in [-0.25, -0.2) is 4.98 Å². The van der Waals surface area contributed by atoms with Crippen LogP contribution in [0.2, 0.25) is 0 Å². The highest BCUT2D eigenvalue weighted by molar-refractivity contribution is 5.92. The summed E-state index contributed by atoms with van der Waals surface area (Å²) in [4.78, 5) is 20.3. The van der Waals surface area contributed by atoms with Crippen molar-refractivity contribution in [1.29, 1.82) is 0 Å². The molecule has 0 N–H and O–H groups in total. The molecule has 176 valence electrons. The lowest BCUT2D eigenvalue weighted by Gasteiger charge is -2.47. The zero-order valence-electron chi connectivity index (χ0n) is 19.2. The van der Waals surface area contributed by atoms with Crippen LogP contribution in [0.15, 0.2) is 18.2 Å². The topological polar surface area (TPSA) is 45.7 Å². The van der Waals surface area contributed by atoms with Gasteiger partial charge in [0, 0.05) is 31.7 Å². The molecule has 1 aliphatic rings. The molecule has 1 aliphatic heterocycles. The fourth-order valence-electron chi connectivity index (χ4n) is 4.06. The van der Waals surface area contributed by atoms with Crippen LogP contribution < -0.4 is 4.90 Å². The zero-order valence-corrected chi connectivity index (χ0v) is 19.2. The molecule has 0 radical (unpaired) electrons. The van der Waals surface area contributed by atoms with Gasteiger partial charge in [-0.1, -0.05) is 39.7 Å². The average molecular weight is 444 g/mol. The van der Waals surface area contributed by atoms with Gasteiger partial charge in [-0.2, -0.15) is 13.2 Å². The summed E-state index contributed by atoms with van der Waals surface area (Å²) >= 11 is 0. The lowest BCUT2D eigenvalue weighted by molar-refractivity contribution is -0.141. The van der Waals surface area contributed by atoms with Crippen LogP contribution in [0.1, 0.15) is 65.0 Å². The number of likely N-dealkylation sites (N-methyl/N-ethyl adjacent to an activating group) is 1. The second-order valence-electron chi connectivity index (χ2n) is 8.86. The minimum atomic E-state index is -4.56. The van der Waals surface area contributed by atoms with Gasteiger partial charge in [0.05, 0.1) is 0 Å². The Kier molecular flexibility index (Phi) is 9.30. The van der Waals surface area contributed by atoms with Crippen LogP contribution in [0, 0.1) is 5.92 Å². The van der Waals surface area contributed by atoms with E-state index in [9.17, 15) is 18.0 Å². The van der Waals surface area contributed by atoms with E-state index in [0.717, 1.165) is 38.3 Å². The van der Waals surface area contributed by atoms with Crippen molar-refractivity contribution in [2.24, 2.45) is 5.92 Å². The number of aromatic nitrogens is 1. The Morgan fingerprint density at radius 2 is 1.90 bits per heavy atom. The van der Waals surface area contributed by atoms with Crippen molar-refractivity contribution in [3.63, 3.8) is 0 Å². The van der Waals surface area contributed by atoms with Gasteiger partial charge in [-0.15, -0.1) is 0 Å². The van der Waals surface area contributed by atoms with E-state index in [1.165, 1.54) is 23.5 Å². The number of carbonyl (C=O) groups is 1. The summed E-state index contributed by atoms with van der Waals surface area (Å²) in [7, 11) is 2.05. The van der Waals surface area contributed by atoms with Gasteiger partial charge >= 0.3 is 6.18 Å². The molecule has 0 aromatic carbocycles. The van der Waals surface area contributed by atoms with Crippen molar-refractivity contribution in [3.8, 4) is 0 Å². The number of hydrogen-bond acceptors (Lipinski definition) is 4. The van der Waals surface area contributed by atoms with E-state index < -0.39 is 11.9 Å². The van der Waals surface area contributed by atoms with Crippen molar-refractivity contribution in [3.05, 3.63) is 23.9 Å². The molecule has 0 atom stereocenters. The second-order valence-corrected chi connectivity index (χ2v) is 8.86. The highest BCUT2D eigenvalue weighted by Crippen LogP contribution is 2.32. The molecule has 8 heteroatoms. The maximum absolute atomic E-state index is 13.2. The number of halogens is 3. The largest absolute Gasteiger partial charge is 0.433 e. The highest BCUT2D eigenvalue weighted by atomic mass is 19.4. The number of hydrogen-bond donors (Lipinski definition) is 0. The van der Waals surface area contributed by atoms with E-state index in [1.807, 2.05) is 0 Å². The number of nitrogens with zero attached hydrogens (tertiary/aromatic N) is 3. The van der Waals surface area contributed by atoms with Crippen LogP contribution in [0.5, 0.6) is 0 Å². The Labute approximate surface area is 184 Å². The molecule has 1 aromatic heterocycles. The normalized spacial score (nSPS) is 16.7. The van der Waals surface area contributed by atoms with Gasteiger partial charge in [-0.3, -0.25) is 14.6 Å². The highest BCUT2D eigenvalue weighted by Gasteiger charge is 2.40. The zero-order chi connectivity index (χ0) is 23.1. The third-order valence-corrected chi connectivity index (χ3v) is 6.12. The molecular formula is C23H36F3N3O2. The van der Waals surface area contributed by atoms with Gasteiger partial charge in [-0.05, 0) is 50.9 Å². The molecule has 1 aromatic rings. The van der Waals surface area contributed by atoms with Crippen molar-refractivity contribution in [2.75, 3.05) is 38.3 Å². The van der Waals surface area contributed by atoms with Gasteiger partial charge in [0.2, 0.25) is 5.91 Å². The van der Waals surface area contributed by atoms with Crippen LogP contribution in [0.3, 0.4) is 0 Å². The van der Waals surface area contributed by atoms with E-state index in [1.54, 1.807) is 6.92 Å². The Morgan fingerprint density at radius 1 is 1.23 bits per heavy atom. The number of alkyl halides is 3. The standard InChI is InChI=1S/C23H36F3N3O2/c1-5-21(30)29(20-11-8-10-19(27-20)23(24,25)26)17-22(12-15-31-16-13-22)28(4)14-7-6-9-18(2)3/h8,10-11,18H,5-7,9,12-17H2,1-4H3. The van der Waals surface area contributed by atoms with Crippen LogP contribution in [0.4, 0.5) is 19.0 Å². The molecule has 2 heterocycles. The van der Waals surface area contributed by atoms with Gasteiger partial charge < -0.3 is 4.74 Å². The van der Waals surface area contributed by atoms with E-state index in [-0.39, 0.29) is 23.7 Å². The van der Waals surface area contributed by atoms with Crippen LogP contribution >= 0.6 is 0 Å². The summed E-state index contributed by atoms with van der Waals surface area (Å²) in [6, 6.07) is 3.73. The number of anilines is 1. The number of rotatable bonds is 10. The molecule has 1 fully saturated rings. The fraction of sp³-hybridized carbons (Fsp3) is 0.739. The van der Waals surface area contributed by atoms with Crippen molar-refractivity contribution in [2.45, 2.75) is 71.0 Å². The van der Waals surface area contributed by atoms with Crippen molar-refractivity contribution < 1.29 is 22.7 Å². The first kappa shape index (κ1) is 25.6. The fourth-order valence-corrected chi connectivity index (χ4v) is 4.06. The summed E-state index contributed by atoms with van der Waals surface area (Å²) in [5, 5.41) is 0. The quantitative estimate of drug-likeness (QED) is 0.469. The number of unbranched alkanes of at least 4 members (excludes halogenated alkanes) is 1. The Balaban J connectivity index is 2.27. The van der Waals surface area contributed by atoms with Gasteiger partial charge in [0.15, 0.2) is 0 Å². The predicted molar refractivity (Wildman–Crippen MR) is 116 cm³/mol. The average Bonchev–Trinajstić information content (AvgIpc) is 2.74. The first-order valence-corrected chi connectivity index (χ1v) is 11.2. The Bertz CT molecular complexity index is 704. The molecule has 31 heavy (non-hydrogen) atoms. The summed E-state index contributed by atoms with van der Waals surface area (Å²) in [6.07, 6.45) is 0.421. The van der Waals surface area contributed by atoms with Crippen LogP contribution in [0.25, 0.3) is 0 Å².